The molecule has 4 aromatic carbocycles. The molecule has 0 saturated heterocycles. The molecule has 0 fully saturated rings. The Hall–Kier alpha value is -5.74. The van der Waals surface area contributed by atoms with Gasteiger partial charge in [0.15, 0.2) is 0 Å². The van der Waals surface area contributed by atoms with Crippen LogP contribution in [-0.4, -0.2) is 139 Å². The molecule has 0 unspecified atom stereocenters. The molecule has 406 valence electrons. The summed E-state index contributed by atoms with van der Waals surface area (Å²) in [7, 11) is -13.3. The van der Waals surface area contributed by atoms with Crippen molar-refractivity contribution < 1.29 is 97.1 Å². The third-order valence-electron chi connectivity index (χ3n) is 8.69. The van der Waals surface area contributed by atoms with Gasteiger partial charge in [-0.25, -0.2) is 107 Å². The summed E-state index contributed by atoms with van der Waals surface area (Å²) in [6.45, 7) is 0. The van der Waals surface area contributed by atoms with Crippen LogP contribution in [0.5, 0.6) is 0 Å². The Morgan fingerprint density at radius 2 is 0.616 bits per heavy atom. The van der Waals surface area contributed by atoms with Gasteiger partial charge >= 0.3 is 23.9 Å². The van der Waals surface area contributed by atoms with E-state index in [-0.39, 0.29) is 30.8 Å². The standard InChI is InChI=1S/C9H10ClNO6S2.2C9H12N2O6S2.C9H12N2O4S/c3*1-11-19(15,16)6-3-4-8(18(10,13)14)7(5-6)9(12)17-2;1-11-16(13,14)6-3-4-8(10)7(5-6)9(12)15-2/h3-5,11H,1-2H3;2*3-5,11H,1-2H3,(H2,10,13,14);3-5,11H,10H2,1-2H3. The lowest BCUT2D eigenvalue weighted by Crippen LogP contribution is -2.21. The molecule has 0 bridgehead atoms. The zero-order valence-corrected chi connectivity index (χ0v) is 45.3. The number of esters is 4. The molecule has 0 atom stereocenters. The second-order valence-electron chi connectivity index (χ2n) is 13.0. The first-order valence-electron chi connectivity index (χ1n) is 18.7. The number of nitrogens with two attached hydrogens (primary N) is 3. The van der Waals surface area contributed by atoms with Crippen molar-refractivity contribution >= 4 is 109 Å². The van der Waals surface area contributed by atoms with Crippen LogP contribution in [0.25, 0.3) is 0 Å². The molecule has 10 N–H and O–H groups in total. The third kappa shape index (κ3) is 17.7. The average molecular weight is 1190 g/mol. The van der Waals surface area contributed by atoms with Crippen LogP contribution in [0.3, 0.4) is 0 Å². The lowest BCUT2D eigenvalue weighted by atomic mass is 10.2. The van der Waals surface area contributed by atoms with Crippen molar-refractivity contribution in [2.45, 2.75) is 34.3 Å². The fraction of sp³-hybridized carbons (Fsp3) is 0.222. The van der Waals surface area contributed by atoms with Crippen molar-refractivity contribution in [1.82, 2.24) is 18.9 Å². The Bertz CT molecular complexity index is 3280. The van der Waals surface area contributed by atoms with E-state index in [4.69, 9.17) is 26.7 Å². The maximum atomic E-state index is 11.6. The van der Waals surface area contributed by atoms with Crippen molar-refractivity contribution in [3.05, 3.63) is 95.1 Å². The molecule has 29 nitrogen and oxygen atoms in total. The van der Waals surface area contributed by atoms with Gasteiger partial charge in [0.25, 0.3) is 9.05 Å². The van der Waals surface area contributed by atoms with Gasteiger partial charge in [-0.15, -0.1) is 0 Å². The van der Waals surface area contributed by atoms with Crippen LogP contribution in [0.15, 0.2) is 107 Å². The first kappa shape index (κ1) is 65.3. The molecule has 0 radical (unpaired) electrons. The quantitative estimate of drug-likeness (QED) is 0.0303. The molecule has 0 saturated carbocycles. The summed E-state index contributed by atoms with van der Waals surface area (Å²) in [6.07, 6.45) is 0. The normalized spacial score (nSPS) is 11.9. The van der Waals surface area contributed by atoms with Gasteiger partial charge in [0.1, 0.15) is 0 Å². The lowest BCUT2D eigenvalue weighted by molar-refractivity contribution is 0.0587. The fourth-order valence-corrected chi connectivity index (χ4v) is 10.5. The predicted octanol–water partition coefficient (Wildman–Crippen LogP) is -1.67. The van der Waals surface area contributed by atoms with Gasteiger partial charge in [-0.05, 0) is 101 Å². The number of nitrogen functional groups attached to an aromatic ring is 1. The van der Waals surface area contributed by atoms with E-state index in [9.17, 15) is 78.1 Å². The van der Waals surface area contributed by atoms with E-state index in [1.54, 1.807) is 0 Å². The summed E-state index contributed by atoms with van der Waals surface area (Å²) in [4.78, 5) is 43.4. The summed E-state index contributed by atoms with van der Waals surface area (Å²) < 4.78 is 186. The first-order chi connectivity index (χ1) is 33.3. The molecule has 0 aromatic heterocycles. The number of carbonyl (C=O) groups excluding carboxylic acids is 4. The number of ether oxygens (including phenoxy) is 4. The monoisotopic (exact) mass is 1190 g/mol. The number of hydrogen-bond acceptors (Lipinski definition) is 23. The minimum absolute atomic E-state index is 0.0267. The van der Waals surface area contributed by atoms with Crippen molar-refractivity contribution in [2.75, 3.05) is 62.4 Å². The Morgan fingerprint density at radius 1 is 0.397 bits per heavy atom. The van der Waals surface area contributed by atoms with E-state index in [0.717, 1.165) is 75.9 Å². The molecule has 0 aliphatic heterocycles. The number of sulfonamides is 6. The van der Waals surface area contributed by atoms with E-state index in [2.05, 4.69) is 23.7 Å². The third-order valence-corrected chi connectivity index (χ3v) is 17.7. The SMILES string of the molecule is CNS(=O)(=O)c1ccc(N)c(C(=O)OC)c1.CNS(=O)(=O)c1ccc(S(=O)(=O)Cl)c(C(=O)OC)c1.CNS(=O)(=O)c1ccc(S(N)(=O)=O)c(C(=O)OC)c1.CNS(=O)(=O)c1ccc(S(N)(=O)=O)c(C(=O)OC)c1. The number of primary sulfonamides is 2. The zero-order valence-electron chi connectivity index (χ0n) is 38.9. The number of carbonyl (C=O) groups is 4. The van der Waals surface area contributed by atoms with E-state index in [0.29, 0.717) is 0 Å². The largest absolute Gasteiger partial charge is 0.465 e. The minimum Gasteiger partial charge on any atom is -0.465 e. The topological polar surface area (TPSA) is 470 Å². The van der Waals surface area contributed by atoms with Gasteiger partial charge in [-0.1, -0.05) is 0 Å². The number of methoxy groups -OCH3 is 4. The zero-order chi connectivity index (χ0) is 56.9. The van der Waals surface area contributed by atoms with Gasteiger partial charge in [0.05, 0.1) is 85.0 Å². The molecule has 4 aromatic rings. The van der Waals surface area contributed by atoms with Crippen molar-refractivity contribution in [3.8, 4) is 0 Å². The molecule has 37 heteroatoms. The van der Waals surface area contributed by atoms with E-state index in [1.165, 1.54) is 53.5 Å². The number of anilines is 1. The van der Waals surface area contributed by atoms with E-state index in [1.807, 2.05) is 14.2 Å². The summed E-state index contributed by atoms with van der Waals surface area (Å²) >= 11 is 0. The maximum Gasteiger partial charge on any atom is 0.339 e. The van der Waals surface area contributed by atoms with Crippen LogP contribution < -0.4 is 34.9 Å². The Labute approximate surface area is 424 Å². The number of hydrogen-bond donors (Lipinski definition) is 7. The predicted molar refractivity (Wildman–Crippen MR) is 256 cm³/mol. The van der Waals surface area contributed by atoms with Crippen LogP contribution in [-0.2, 0) is 88.1 Å². The fourth-order valence-electron chi connectivity index (χ4n) is 5.01. The van der Waals surface area contributed by atoms with Gasteiger partial charge in [-0.3, -0.25) is 0 Å². The molecular weight excluding hydrogens is 1140 g/mol. The Morgan fingerprint density at radius 3 is 0.849 bits per heavy atom. The molecular formula is C36H46ClN7O22S7. The molecule has 73 heavy (non-hydrogen) atoms. The van der Waals surface area contributed by atoms with Gasteiger partial charge in [0.2, 0.25) is 60.1 Å². The molecule has 0 amide bonds. The van der Waals surface area contributed by atoms with Crippen LogP contribution >= 0.6 is 10.7 Å². The molecule has 0 aliphatic carbocycles. The number of benzene rings is 4. The molecule has 4 rings (SSSR count). The number of halogens is 1. The lowest BCUT2D eigenvalue weighted by Gasteiger charge is -2.08. The first-order valence-corrected chi connectivity index (χ1v) is 30.0. The van der Waals surface area contributed by atoms with Crippen LogP contribution in [0.2, 0.25) is 0 Å². The second-order valence-corrected chi connectivity index (χ2v) is 26.2. The highest BCUT2D eigenvalue weighted by atomic mass is 35.7. The number of nitrogens with one attached hydrogen (secondary N) is 4. The Kier molecular flexibility index (Phi) is 23.2. The summed E-state index contributed by atoms with van der Waals surface area (Å²) in [5.41, 5.74) is 4.39. The Balaban J connectivity index is 0.000000488. The maximum absolute atomic E-state index is 11.6. The van der Waals surface area contributed by atoms with Crippen molar-refractivity contribution in [2.24, 2.45) is 10.3 Å². The summed E-state index contributed by atoms with van der Waals surface area (Å²) in [5, 5.41) is 9.88. The smallest absolute Gasteiger partial charge is 0.339 e. The highest BCUT2D eigenvalue weighted by Gasteiger charge is 2.27. The summed E-state index contributed by atoms with van der Waals surface area (Å²) in [6, 6.07) is 12.4. The van der Waals surface area contributed by atoms with Crippen molar-refractivity contribution in [3.63, 3.8) is 0 Å². The van der Waals surface area contributed by atoms with Gasteiger partial charge in [-0.2, -0.15) is 0 Å². The minimum atomic E-state index is -4.20. The highest BCUT2D eigenvalue weighted by Crippen LogP contribution is 2.25. The second kappa shape index (κ2) is 26.0. The van der Waals surface area contributed by atoms with Crippen LogP contribution in [0.4, 0.5) is 5.69 Å². The molecule has 0 heterocycles. The van der Waals surface area contributed by atoms with Crippen LogP contribution in [0, 0.1) is 0 Å². The summed E-state index contributed by atoms with van der Waals surface area (Å²) in [5.74, 6) is -3.69. The van der Waals surface area contributed by atoms with E-state index < -0.39 is 124 Å². The average Bonchev–Trinajstić information content (AvgIpc) is 3.34. The highest BCUT2D eigenvalue weighted by molar-refractivity contribution is 8.13. The van der Waals surface area contributed by atoms with Crippen molar-refractivity contribution in [1.29, 1.82) is 0 Å². The molecule has 0 aliphatic rings. The van der Waals surface area contributed by atoms with Crippen LogP contribution in [0.1, 0.15) is 41.4 Å². The number of rotatable bonds is 15. The van der Waals surface area contributed by atoms with Gasteiger partial charge in [0, 0.05) is 16.4 Å². The molecule has 0 spiro atoms. The van der Waals surface area contributed by atoms with E-state index >= 15 is 0 Å². The van der Waals surface area contributed by atoms with Gasteiger partial charge < -0.3 is 24.7 Å².